The first-order valence-corrected chi connectivity index (χ1v) is 12.0. The summed E-state index contributed by atoms with van der Waals surface area (Å²) in [6.45, 7) is 1.60. The molecule has 2 heterocycles. The maximum Gasteiger partial charge on any atom is 0.251 e. The van der Waals surface area contributed by atoms with Crippen LogP contribution in [0.1, 0.15) is 57.5 Å². The molecule has 1 aromatic heterocycles. The number of carbonyl (C=O) groups is 2. The second kappa shape index (κ2) is 9.58. The fraction of sp³-hybridized carbons (Fsp3) is 0.296. The number of nitrogens with one attached hydrogen (secondary N) is 3. The molecule has 8 nitrogen and oxygen atoms in total. The molecule has 5 N–H and O–H groups in total. The summed E-state index contributed by atoms with van der Waals surface area (Å²) >= 11 is 0. The molecule has 0 spiro atoms. The van der Waals surface area contributed by atoms with Crippen molar-refractivity contribution in [2.45, 2.75) is 51.2 Å². The van der Waals surface area contributed by atoms with Gasteiger partial charge < -0.3 is 26.2 Å². The first kappa shape index (κ1) is 23.7. The van der Waals surface area contributed by atoms with E-state index >= 15 is 0 Å². The lowest BCUT2D eigenvalue weighted by Gasteiger charge is -2.26. The number of rotatable bonds is 4. The van der Waals surface area contributed by atoms with Gasteiger partial charge in [0.2, 0.25) is 0 Å². The van der Waals surface area contributed by atoms with Crippen molar-refractivity contribution in [3.8, 4) is 5.75 Å². The number of ketones is 1. The van der Waals surface area contributed by atoms with Crippen LogP contribution in [-0.4, -0.2) is 39.0 Å². The van der Waals surface area contributed by atoms with Crippen molar-refractivity contribution in [2.24, 2.45) is 0 Å². The summed E-state index contributed by atoms with van der Waals surface area (Å²) in [4.78, 5) is 30.5. The van der Waals surface area contributed by atoms with Crippen molar-refractivity contribution in [1.29, 1.82) is 0 Å². The summed E-state index contributed by atoms with van der Waals surface area (Å²) in [5, 5.41) is 28.9. The maximum absolute atomic E-state index is 14.5. The molecule has 2 atom stereocenters. The van der Waals surface area contributed by atoms with E-state index in [-0.39, 0.29) is 41.2 Å². The Balaban J connectivity index is 1.40. The van der Waals surface area contributed by atoms with Crippen molar-refractivity contribution in [1.82, 2.24) is 10.3 Å². The number of aliphatic hydroxyl groups is 1. The molecule has 1 aliphatic carbocycles. The van der Waals surface area contributed by atoms with Gasteiger partial charge in [0.25, 0.3) is 5.91 Å². The minimum Gasteiger partial charge on any atom is -0.508 e. The summed E-state index contributed by atoms with van der Waals surface area (Å²) in [5.74, 6) is -0.814. The topological polar surface area (TPSA) is 124 Å². The van der Waals surface area contributed by atoms with Gasteiger partial charge in [-0.1, -0.05) is 0 Å². The van der Waals surface area contributed by atoms with Gasteiger partial charge in [0.1, 0.15) is 17.4 Å². The van der Waals surface area contributed by atoms with E-state index in [0.29, 0.717) is 40.3 Å². The second-order valence-electron chi connectivity index (χ2n) is 9.41. The number of phenols is 1. The second-order valence-corrected chi connectivity index (χ2v) is 9.41. The lowest BCUT2D eigenvalue weighted by atomic mass is 9.92. The van der Waals surface area contributed by atoms with Gasteiger partial charge in [0.05, 0.1) is 23.0 Å². The molecule has 1 saturated carbocycles. The maximum atomic E-state index is 14.5. The summed E-state index contributed by atoms with van der Waals surface area (Å²) in [6, 6.07) is 9.09. The van der Waals surface area contributed by atoms with E-state index in [2.05, 4.69) is 20.9 Å². The van der Waals surface area contributed by atoms with Crippen molar-refractivity contribution < 1.29 is 24.2 Å². The molecule has 0 radical (unpaired) electrons. The van der Waals surface area contributed by atoms with E-state index in [9.17, 15) is 24.2 Å². The third-order valence-electron chi connectivity index (χ3n) is 6.74. The smallest absolute Gasteiger partial charge is 0.251 e. The monoisotopic (exact) mass is 490 g/mol. The molecule has 0 saturated heterocycles. The fourth-order valence-electron chi connectivity index (χ4n) is 4.80. The highest BCUT2D eigenvalue weighted by Gasteiger charge is 2.26. The standard InChI is InChI=1S/C27H27FN4O4/c1-14-9-19(28)22(13-23(14)34)31-21-7-8-29-26-25(21)24(35)11-16-10-15(5-6-20(16)32-26)27(36)30-17-3-2-4-18(33)12-17/h5-10,13,17-18,33-34H,2-4,11-12H2,1H3,(H,30,36)(H2,29,31,32). The van der Waals surface area contributed by atoms with Crippen LogP contribution in [0.25, 0.3) is 0 Å². The fourth-order valence-corrected chi connectivity index (χ4v) is 4.80. The number of phenolic OH excluding ortho intramolecular Hbond substituents is 1. The Kier molecular flexibility index (Phi) is 6.32. The minimum atomic E-state index is -0.561. The van der Waals surface area contributed by atoms with Crippen LogP contribution in [0.15, 0.2) is 42.6 Å². The van der Waals surface area contributed by atoms with E-state index in [1.807, 2.05) is 0 Å². The van der Waals surface area contributed by atoms with Gasteiger partial charge in [0, 0.05) is 36.0 Å². The first-order chi connectivity index (χ1) is 17.3. The molecule has 36 heavy (non-hydrogen) atoms. The van der Waals surface area contributed by atoms with Gasteiger partial charge in [-0.2, -0.15) is 0 Å². The van der Waals surface area contributed by atoms with Gasteiger partial charge in [-0.3, -0.25) is 9.59 Å². The first-order valence-electron chi connectivity index (χ1n) is 12.0. The Labute approximate surface area is 207 Å². The Morgan fingerprint density at radius 2 is 2.00 bits per heavy atom. The van der Waals surface area contributed by atoms with Crippen LogP contribution >= 0.6 is 0 Å². The normalized spacial score (nSPS) is 18.9. The molecule has 0 bridgehead atoms. The number of halogens is 1. The number of Topliss-reactive ketones (excluding diaryl/α,β-unsaturated/α-hetero) is 1. The highest BCUT2D eigenvalue weighted by Crippen LogP contribution is 2.35. The van der Waals surface area contributed by atoms with Crippen LogP contribution in [0.2, 0.25) is 0 Å². The molecule has 5 rings (SSSR count). The van der Waals surface area contributed by atoms with Crippen LogP contribution in [0.4, 0.5) is 27.3 Å². The number of anilines is 4. The number of hydrogen-bond acceptors (Lipinski definition) is 7. The van der Waals surface area contributed by atoms with Gasteiger partial charge in [0.15, 0.2) is 5.78 Å². The third kappa shape index (κ3) is 4.74. The van der Waals surface area contributed by atoms with Crippen LogP contribution < -0.4 is 16.0 Å². The van der Waals surface area contributed by atoms with Gasteiger partial charge >= 0.3 is 0 Å². The molecule has 1 amide bonds. The van der Waals surface area contributed by atoms with Gasteiger partial charge in [-0.15, -0.1) is 0 Å². The number of hydrogen-bond donors (Lipinski definition) is 5. The molecule has 2 aliphatic rings. The molecule has 2 aromatic carbocycles. The molecule has 186 valence electrons. The largest absolute Gasteiger partial charge is 0.508 e. The van der Waals surface area contributed by atoms with Gasteiger partial charge in [-0.05, 0) is 74.1 Å². The number of fused-ring (bicyclic) bond motifs is 2. The van der Waals surface area contributed by atoms with E-state index in [4.69, 9.17) is 0 Å². The number of carbonyl (C=O) groups excluding carboxylic acids is 2. The molecule has 1 fully saturated rings. The summed E-state index contributed by atoms with van der Waals surface area (Å²) < 4.78 is 14.5. The van der Waals surface area contributed by atoms with E-state index in [1.54, 1.807) is 31.2 Å². The van der Waals surface area contributed by atoms with Crippen LogP contribution in [0.3, 0.4) is 0 Å². The predicted octanol–water partition coefficient (Wildman–Crippen LogP) is 4.49. The average Bonchev–Trinajstić information content (AvgIpc) is 2.98. The predicted molar refractivity (Wildman–Crippen MR) is 134 cm³/mol. The van der Waals surface area contributed by atoms with Crippen LogP contribution in [0, 0.1) is 12.7 Å². The van der Waals surface area contributed by atoms with Crippen LogP contribution in [-0.2, 0) is 6.42 Å². The molecule has 3 aromatic rings. The lowest BCUT2D eigenvalue weighted by Crippen LogP contribution is -2.39. The van der Waals surface area contributed by atoms with E-state index in [1.165, 1.54) is 18.3 Å². The van der Waals surface area contributed by atoms with Crippen molar-refractivity contribution in [3.05, 3.63) is 70.7 Å². The van der Waals surface area contributed by atoms with Gasteiger partial charge in [-0.25, -0.2) is 9.37 Å². The van der Waals surface area contributed by atoms with E-state index in [0.717, 1.165) is 19.3 Å². The summed E-state index contributed by atoms with van der Waals surface area (Å²) in [6.07, 6.45) is 4.09. The number of aryl methyl sites for hydroxylation is 1. The minimum absolute atomic E-state index is 0.0145. The summed E-state index contributed by atoms with van der Waals surface area (Å²) in [5.41, 5.74) is 2.76. The number of pyridine rings is 1. The SMILES string of the molecule is Cc1cc(F)c(Nc2ccnc3c2C(=O)Cc2cc(C(=O)NC4CCCC(O)C4)ccc2N3)cc1O. The Bertz CT molecular complexity index is 1360. The van der Waals surface area contributed by atoms with E-state index < -0.39 is 11.9 Å². The van der Waals surface area contributed by atoms with Crippen molar-refractivity contribution >= 4 is 34.6 Å². The number of aromatic hydroxyl groups is 1. The molecular formula is C27H27FN4O4. The Hall–Kier alpha value is -3.98. The number of nitrogens with zero attached hydrogens (tertiary/aromatic N) is 1. The Morgan fingerprint density at radius 3 is 2.81 bits per heavy atom. The van der Waals surface area contributed by atoms with Crippen molar-refractivity contribution in [2.75, 3.05) is 10.6 Å². The molecule has 2 unspecified atom stereocenters. The number of amides is 1. The lowest BCUT2D eigenvalue weighted by molar-refractivity contribution is 0.0848. The molecule has 1 aliphatic heterocycles. The zero-order valence-electron chi connectivity index (χ0n) is 19.8. The molecule has 9 heteroatoms. The summed E-state index contributed by atoms with van der Waals surface area (Å²) in [7, 11) is 0. The van der Waals surface area contributed by atoms with Crippen LogP contribution in [0.5, 0.6) is 5.75 Å². The Morgan fingerprint density at radius 1 is 1.17 bits per heavy atom. The number of aliphatic hydroxyl groups excluding tert-OH is 1. The quantitative estimate of drug-likeness (QED) is 0.365. The van der Waals surface area contributed by atoms with Crippen molar-refractivity contribution in [3.63, 3.8) is 0 Å². The highest BCUT2D eigenvalue weighted by atomic mass is 19.1. The average molecular weight is 491 g/mol. The highest BCUT2D eigenvalue weighted by molar-refractivity contribution is 6.09. The zero-order chi connectivity index (χ0) is 25.4. The third-order valence-corrected chi connectivity index (χ3v) is 6.74. The zero-order valence-corrected chi connectivity index (χ0v) is 19.8. The number of benzene rings is 2. The number of aromatic nitrogens is 1. The molecular weight excluding hydrogens is 463 g/mol.